The fraction of sp³-hybridized carbons (Fsp3) is 0.769. The van der Waals surface area contributed by atoms with Crippen molar-refractivity contribution in [3.05, 3.63) is 24.3 Å². The van der Waals surface area contributed by atoms with E-state index in [1.54, 1.807) is 40.0 Å². The van der Waals surface area contributed by atoms with Gasteiger partial charge in [0.25, 0.3) is 0 Å². The quantitative estimate of drug-likeness (QED) is 0.198. The Morgan fingerprint density at radius 3 is 0.969 bits per heavy atom. The van der Waals surface area contributed by atoms with E-state index in [1.165, 1.54) is 25.7 Å². The molecule has 0 N–H and O–H groups in total. The van der Waals surface area contributed by atoms with Crippen LogP contribution in [0.3, 0.4) is 0 Å². The molecule has 0 aromatic heterocycles. The van der Waals surface area contributed by atoms with Crippen LogP contribution in [0.4, 0.5) is 0 Å². The SMILES string of the molecule is CC(C)[C@H]1CC[C@H](C(C)C)P1c1ccccc1P1[C@@H](C(C)C)CC[C@@H]1C(C)C.[Cl][Au].[Cl][Au]. The van der Waals surface area contributed by atoms with Gasteiger partial charge in [0.05, 0.1) is 0 Å². The molecule has 1 aromatic carbocycles. The Labute approximate surface area is 234 Å². The first-order valence-corrected chi connectivity index (χ1v) is 20.4. The van der Waals surface area contributed by atoms with Crippen LogP contribution >= 0.6 is 34.2 Å². The van der Waals surface area contributed by atoms with Gasteiger partial charge in [-0.05, 0) is 82.6 Å². The average molecular weight is 883 g/mol. The Morgan fingerprint density at radius 2 is 0.781 bits per heavy atom. The van der Waals surface area contributed by atoms with E-state index in [0.29, 0.717) is 0 Å². The normalized spacial score (nSPS) is 26.6. The third-order valence-corrected chi connectivity index (χ3v) is 15.8. The predicted octanol–water partition coefficient (Wildman–Crippen LogP) is 8.96. The van der Waals surface area contributed by atoms with Gasteiger partial charge in [-0.25, -0.2) is 0 Å². The Balaban J connectivity index is 0.00000121. The van der Waals surface area contributed by atoms with Crippen molar-refractivity contribution in [1.29, 1.82) is 0 Å². The molecule has 0 radical (unpaired) electrons. The van der Waals surface area contributed by atoms with Crippen LogP contribution in [0.1, 0.15) is 81.1 Å². The number of benzene rings is 1. The molecule has 0 unspecified atom stereocenters. The molecular formula is C26H44Au2Cl2P2. The van der Waals surface area contributed by atoms with Crippen molar-refractivity contribution < 1.29 is 40.0 Å². The molecule has 0 spiro atoms. The van der Waals surface area contributed by atoms with E-state index in [0.717, 1.165) is 46.3 Å². The van der Waals surface area contributed by atoms with E-state index >= 15 is 0 Å². The summed E-state index contributed by atoms with van der Waals surface area (Å²) in [5.74, 6) is 3.28. The maximum atomic E-state index is 4.58. The summed E-state index contributed by atoms with van der Waals surface area (Å²) in [5, 5.41) is 3.66. The van der Waals surface area contributed by atoms with Crippen molar-refractivity contribution in [2.75, 3.05) is 0 Å². The van der Waals surface area contributed by atoms with Gasteiger partial charge in [0.1, 0.15) is 0 Å². The van der Waals surface area contributed by atoms with E-state index in [1.807, 2.05) is 10.6 Å². The van der Waals surface area contributed by atoms with Crippen molar-refractivity contribution in [2.24, 2.45) is 23.7 Å². The third kappa shape index (κ3) is 7.82. The van der Waals surface area contributed by atoms with Crippen molar-refractivity contribution in [3.63, 3.8) is 0 Å². The zero-order valence-electron chi connectivity index (χ0n) is 21.0. The maximum absolute atomic E-state index is 4.58. The summed E-state index contributed by atoms with van der Waals surface area (Å²) >= 11 is 3.50. The molecule has 0 saturated carbocycles. The van der Waals surface area contributed by atoms with Gasteiger partial charge in [-0.2, -0.15) is 0 Å². The van der Waals surface area contributed by atoms with Gasteiger partial charge >= 0.3 is 58.4 Å². The molecule has 2 fully saturated rings. The summed E-state index contributed by atoms with van der Waals surface area (Å²) in [6, 6.07) is 9.86. The van der Waals surface area contributed by atoms with Crippen molar-refractivity contribution >= 4 is 44.8 Å². The fourth-order valence-electron chi connectivity index (χ4n) is 5.96. The molecule has 4 atom stereocenters. The topological polar surface area (TPSA) is 0 Å². The molecule has 2 aliphatic rings. The second-order valence-corrected chi connectivity index (χ2v) is 15.9. The molecule has 6 heteroatoms. The first kappa shape index (κ1) is 32.2. The molecule has 1 aromatic rings. The average Bonchev–Trinajstić information content (AvgIpc) is 3.41. The predicted molar refractivity (Wildman–Crippen MR) is 144 cm³/mol. The van der Waals surface area contributed by atoms with E-state index in [-0.39, 0.29) is 15.8 Å². The van der Waals surface area contributed by atoms with Gasteiger partial charge in [0.2, 0.25) is 0 Å². The Bertz CT molecular complexity index is 567. The molecule has 0 aliphatic carbocycles. The minimum absolute atomic E-state index is 0.0433. The van der Waals surface area contributed by atoms with Crippen LogP contribution in [0.25, 0.3) is 0 Å². The van der Waals surface area contributed by atoms with E-state index in [2.05, 4.69) is 98.0 Å². The molecule has 2 saturated heterocycles. The number of halogens is 2. The molecule has 0 bridgehead atoms. The van der Waals surface area contributed by atoms with Crippen LogP contribution in [-0.4, -0.2) is 22.6 Å². The summed E-state index contributed by atoms with van der Waals surface area (Å²) < 4.78 is 0. The molecule has 32 heavy (non-hydrogen) atoms. The third-order valence-electron chi connectivity index (χ3n) is 7.46. The van der Waals surface area contributed by atoms with Crippen molar-refractivity contribution in [2.45, 2.75) is 104 Å². The van der Waals surface area contributed by atoms with Crippen LogP contribution in [0.2, 0.25) is 0 Å². The zero-order valence-corrected chi connectivity index (χ0v) is 28.6. The van der Waals surface area contributed by atoms with Crippen molar-refractivity contribution in [1.82, 2.24) is 0 Å². The van der Waals surface area contributed by atoms with Crippen LogP contribution in [0.5, 0.6) is 0 Å². The van der Waals surface area contributed by atoms with Gasteiger partial charge in [0.15, 0.2) is 0 Å². The second-order valence-electron chi connectivity index (χ2n) is 10.7. The fourth-order valence-corrected chi connectivity index (χ4v) is 14.5. The molecule has 2 heterocycles. The number of hydrogen-bond acceptors (Lipinski definition) is 0. The molecule has 0 amide bonds. The summed E-state index contributed by atoms with van der Waals surface area (Å²) in [5.41, 5.74) is 3.71. The molecular weight excluding hydrogens is 839 g/mol. The first-order valence-electron chi connectivity index (χ1n) is 12.1. The van der Waals surface area contributed by atoms with Crippen LogP contribution in [-0.2, 0) is 40.0 Å². The van der Waals surface area contributed by atoms with Crippen LogP contribution in [0.15, 0.2) is 24.3 Å². The summed E-state index contributed by atoms with van der Waals surface area (Å²) in [6.45, 7) is 19.9. The van der Waals surface area contributed by atoms with E-state index in [9.17, 15) is 0 Å². The van der Waals surface area contributed by atoms with Crippen LogP contribution in [0, 0.1) is 23.7 Å². The van der Waals surface area contributed by atoms with Crippen molar-refractivity contribution in [3.8, 4) is 0 Å². The molecule has 2 aliphatic heterocycles. The monoisotopic (exact) mass is 882 g/mol. The molecule has 194 valence electrons. The second kappa shape index (κ2) is 16.1. The van der Waals surface area contributed by atoms with E-state index in [4.69, 9.17) is 0 Å². The Kier molecular flexibility index (Phi) is 16.2. The summed E-state index contributed by atoms with van der Waals surface area (Å²) in [7, 11) is 9.08. The number of hydrogen-bond donors (Lipinski definition) is 0. The Hall–Kier alpha value is 2.14. The van der Waals surface area contributed by atoms with Crippen LogP contribution < -0.4 is 10.6 Å². The summed E-state index contributed by atoms with van der Waals surface area (Å²) in [6.07, 6.45) is 5.83. The minimum atomic E-state index is -0.0433. The molecule has 3 rings (SSSR count). The van der Waals surface area contributed by atoms with Gasteiger partial charge in [-0.15, -0.1) is 0 Å². The van der Waals surface area contributed by atoms with E-state index < -0.39 is 0 Å². The van der Waals surface area contributed by atoms with Gasteiger partial charge < -0.3 is 0 Å². The first-order chi connectivity index (χ1) is 15.2. The van der Waals surface area contributed by atoms with Gasteiger partial charge in [-0.3, -0.25) is 0 Å². The zero-order chi connectivity index (χ0) is 24.6. The van der Waals surface area contributed by atoms with Gasteiger partial charge in [0, 0.05) is 0 Å². The van der Waals surface area contributed by atoms with Gasteiger partial charge in [-0.1, -0.05) is 95.5 Å². The number of rotatable bonds is 6. The Morgan fingerprint density at radius 1 is 0.562 bits per heavy atom. The standard InChI is InChI=1S/C26H44P2.2Au.2ClH/c1-17(2)21-13-14-22(18(3)4)27(21)25-11-9-10-12-26(25)28-23(19(5)6)15-16-24(28)20(7)8;;;;/h9-12,17-24H,13-16H2,1-8H3;;;2*1H/q;2*+1;;/p-2/t21-,22-,23-,24-;;;;/m1..../s1. The molecule has 0 nitrogen and oxygen atoms in total. The summed E-state index contributed by atoms with van der Waals surface area (Å²) in [4.78, 5) is 0.